The van der Waals surface area contributed by atoms with Crippen LogP contribution in [0.2, 0.25) is 10.3 Å². The minimum absolute atomic E-state index is 0.444. The second-order valence-electron chi connectivity index (χ2n) is 1.87. The highest BCUT2D eigenvalue weighted by atomic mass is 35.5. The van der Waals surface area contributed by atoms with E-state index in [-0.39, 0.29) is 0 Å². The van der Waals surface area contributed by atoms with Crippen LogP contribution < -0.4 is 0 Å². The third-order valence-electron chi connectivity index (χ3n) is 1.13. The van der Waals surface area contributed by atoms with Crippen LogP contribution in [-0.2, 0) is 5.75 Å². The number of rotatable bonds is 2. The van der Waals surface area contributed by atoms with Crippen molar-refractivity contribution in [1.29, 1.82) is 0 Å². The predicted molar refractivity (Wildman–Crippen MR) is 49.3 cm³/mol. The average molecular weight is 209 g/mol. The van der Waals surface area contributed by atoms with Gasteiger partial charge in [-0.15, -0.1) is 0 Å². The lowest BCUT2D eigenvalue weighted by atomic mass is 10.4. The summed E-state index contributed by atoms with van der Waals surface area (Å²) in [5.41, 5.74) is 0.809. The van der Waals surface area contributed by atoms with Gasteiger partial charge in [-0.1, -0.05) is 23.2 Å². The van der Waals surface area contributed by atoms with Crippen LogP contribution in [0.5, 0.6) is 0 Å². The quantitative estimate of drug-likeness (QED) is 0.700. The standard InChI is InChI=1S/C6H6Cl2N2S/c1-11-2-4-5(7)9-3-10-6(4)8/h3H,2H2,1H3. The third-order valence-corrected chi connectivity index (χ3v) is 2.36. The molecule has 0 aliphatic heterocycles. The van der Waals surface area contributed by atoms with Gasteiger partial charge in [0.15, 0.2) is 0 Å². The third kappa shape index (κ3) is 2.22. The Hall–Kier alpha value is 0.01000. The van der Waals surface area contributed by atoms with Crippen molar-refractivity contribution in [1.82, 2.24) is 9.97 Å². The van der Waals surface area contributed by atoms with Gasteiger partial charge in [0.25, 0.3) is 0 Å². The Balaban J connectivity index is 3.00. The summed E-state index contributed by atoms with van der Waals surface area (Å²) in [7, 11) is 0. The molecule has 0 saturated heterocycles. The summed E-state index contributed by atoms with van der Waals surface area (Å²) in [6.45, 7) is 0. The van der Waals surface area contributed by atoms with Gasteiger partial charge < -0.3 is 0 Å². The molecular weight excluding hydrogens is 203 g/mol. The molecule has 0 atom stereocenters. The van der Waals surface area contributed by atoms with E-state index in [0.29, 0.717) is 10.3 Å². The van der Waals surface area contributed by atoms with E-state index in [0.717, 1.165) is 11.3 Å². The molecule has 0 aromatic carbocycles. The van der Waals surface area contributed by atoms with Gasteiger partial charge in [0.2, 0.25) is 0 Å². The fourth-order valence-corrected chi connectivity index (χ4v) is 1.80. The maximum Gasteiger partial charge on any atom is 0.137 e. The lowest BCUT2D eigenvalue weighted by Crippen LogP contribution is -1.90. The first kappa shape index (κ1) is 9.10. The first-order valence-electron chi connectivity index (χ1n) is 2.89. The second kappa shape index (κ2) is 4.14. The molecule has 0 saturated carbocycles. The summed E-state index contributed by atoms with van der Waals surface area (Å²) in [6, 6.07) is 0. The molecule has 0 aliphatic rings. The van der Waals surface area contributed by atoms with Crippen LogP contribution in [-0.4, -0.2) is 16.2 Å². The van der Waals surface area contributed by atoms with E-state index < -0.39 is 0 Å². The van der Waals surface area contributed by atoms with Gasteiger partial charge in [-0.05, 0) is 6.26 Å². The van der Waals surface area contributed by atoms with Crippen LogP contribution in [0.4, 0.5) is 0 Å². The summed E-state index contributed by atoms with van der Waals surface area (Å²) >= 11 is 13.2. The van der Waals surface area contributed by atoms with Crippen LogP contribution in [0.1, 0.15) is 5.56 Å². The first-order valence-corrected chi connectivity index (χ1v) is 5.04. The Bertz CT molecular complexity index is 234. The largest absolute Gasteiger partial charge is 0.224 e. The molecule has 2 nitrogen and oxygen atoms in total. The molecule has 0 unspecified atom stereocenters. The molecule has 0 bridgehead atoms. The van der Waals surface area contributed by atoms with Crippen molar-refractivity contribution in [3.63, 3.8) is 0 Å². The number of hydrogen-bond acceptors (Lipinski definition) is 3. The van der Waals surface area contributed by atoms with Crippen LogP contribution in [0.15, 0.2) is 6.33 Å². The highest BCUT2D eigenvalue weighted by Gasteiger charge is 2.05. The van der Waals surface area contributed by atoms with Gasteiger partial charge in [-0.2, -0.15) is 11.8 Å². The number of thioether (sulfide) groups is 1. The molecule has 60 valence electrons. The van der Waals surface area contributed by atoms with E-state index in [1.807, 2.05) is 6.26 Å². The Morgan fingerprint density at radius 1 is 1.36 bits per heavy atom. The average Bonchev–Trinajstić information content (AvgIpc) is 1.97. The Kier molecular flexibility index (Phi) is 3.43. The van der Waals surface area contributed by atoms with E-state index in [4.69, 9.17) is 23.2 Å². The maximum atomic E-state index is 5.76. The minimum Gasteiger partial charge on any atom is -0.224 e. The van der Waals surface area contributed by atoms with Gasteiger partial charge in [0.05, 0.1) is 0 Å². The molecule has 0 spiro atoms. The number of aromatic nitrogens is 2. The molecule has 1 heterocycles. The van der Waals surface area contributed by atoms with Crippen LogP contribution in [0, 0.1) is 0 Å². The van der Waals surface area contributed by atoms with Gasteiger partial charge in [-0.25, -0.2) is 9.97 Å². The van der Waals surface area contributed by atoms with Crippen molar-refractivity contribution in [2.45, 2.75) is 5.75 Å². The van der Waals surface area contributed by atoms with Crippen molar-refractivity contribution in [3.05, 3.63) is 22.2 Å². The normalized spacial score (nSPS) is 10.1. The molecule has 0 fully saturated rings. The minimum atomic E-state index is 0.444. The van der Waals surface area contributed by atoms with E-state index in [1.165, 1.54) is 6.33 Å². The summed E-state index contributed by atoms with van der Waals surface area (Å²) in [5, 5.41) is 0.888. The molecule has 1 aromatic rings. The van der Waals surface area contributed by atoms with Gasteiger partial charge in [0.1, 0.15) is 16.6 Å². The first-order chi connectivity index (χ1) is 5.25. The summed E-state index contributed by atoms with van der Waals surface area (Å²) in [6.07, 6.45) is 3.33. The molecule has 0 amide bonds. The summed E-state index contributed by atoms with van der Waals surface area (Å²) in [5.74, 6) is 0.749. The molecular formula is C6H6Cl2N2S. The van der Waals surface area contributed by atoms with Crippen LogP contribution in [0.3, 0.4) is 0 Å². The molecule has 11 heavy (non-hydrogen) atoms. The molecule has 0 radical (unpaired) electrons. The zero-order valence-corrected chi connectivity index (χ0v) is 8.17. The van der Waals surface area contributed by atoms with Gasteiger partial charge in [-0.3, -0.25) is 0 Å². The molecule has 1 aromatic heterocycles. The fourth-order valence-electron chi connectivity index (χ4n) is 0.635. The zero-order chi connectivity index (χ0) is 8.27. The second-order valence-corrected chi connectivity index (χ2v) is 3.45. The smallest absolute Gasteiger partial charge is 0.137 e. The van der Waals surface area contributed by atoms with E-state index in [9.17, 15) is 0 Å². The molecule has 0 N–H and O–H groups in total. The van der Waals surface area contributed by atoms with Crippen molar-refractivity contribution in [2.75, 3.05) is 6.26 Å². The van der Waals surface area contributed by atoms with Gasteiger partial charge >= 0.3 is 0 Å². The number of nitrogens with zero attached hydrogens (tertiary/aromatic N) is 2. The number of halogens is 2. The van der Waals surface area contributed by atoms with E-state index in [2.05, 4.69) is 9.97 Å². The topological polar surface area (TPSA) is 25.8 Å². The summed E-state index contributed by atoms with van der Waals surface area (Å²) < 4.78 is 0. The highest BCUT2D eigenvalue weighted by Crippen LogP contribution is 2.23. The Labute approximate surface area is 79.3 Å². The van der Waals surface area contributed by atoms with Crippen molar-refractivity contribution < 1.29 is 0 Å². The zero-order valence-electron chi connectivity index (χ0n) is 5.84. The lowest BCUT2D eigenvalue weighted by Gasteiger charge is -2.01. The SMILES string of the molecule is CSCc1c(Cl)ncnc1Cl. The van der Waals surface area contributed by atoms with Crippen LogP contribution >= 0.6 is 35.0 Å². The van der Waals surface area contributed by atoms with Crippen molar-refractivity contribution >= 4 is 35.0 Å². The molecule has 0 aliphatic carbocycles. The Morgan fingerprint density at radius 3 is 2.36 bits per heavy atom. The van der Waals surface area contributed by atoms with Crippen molar-refractivity contribution in [3.8, 4) is 0 Å². The Morgan fingerprint density at radius 2 is 1.91 bits per heavy atom. The predicted octanol–water partition coefficient (Wildman–Crippen LogP) is 2.65. The van der Waals surface area contributed by atoms with E-state index >= 15 is 0 Å². The summed E-state index contributed by atoms with van der Waals surface area (Å²) in [4.78, 5) is 7.63. The number of hydrogen-bond donors (Lipinski definition) is 0. The van der Waals surface area contributed by atoms with E-state index in [1.54, 1.807) is 11.8 Å². The van der Waals surface area contributed by atoms with Gasteiger partial charge in [0, 0.05) is 11.3 Å². The molecule has 1 rings (SSSR count). The lowest BCUT2D eigenvalue weighted by molar-refractivity contribution is 1.12. The molecule has 5 heteroatoms. The maximum absolute atomic E-state index is 5.76. The fraction of sp³-hybridized carbons (Fsp3) is 0.333. The van der Waals surface area contributed by atoms with Crippen molar-refractivity contribution in [2.24, 2.45) is 0 Å². The monoisotopic (exact) mass is 208 g/mol. The highest BCUT2D eigenvalue weighted by molar-refractivity contribution is 7.97. The van der Waals surface area contributed by atoms with Crippen LogP contribution in [0.25, 0.3) is 0 Å².